The van der Waals surface area contributed by atoms with Gasteiger partial charge in [0, 0.05) is 11.8 Å². The summed E-state index contributed by atoms with van der Waals surface area (Å²) in [4.78, 5) is 22.3. The molecule has 106 valence electrons. The summed E-state index contributed by atoms with van der Waals surface area (Å²) in [5, 5.41) is 9.84. The smallest absolute Gasteiger partial charge is 0.333 e. The van der Waals surface area contributed by atoms with Crippen molar-refractivity contribution in [3.8, 4) is 0 Å². The Bertz CT molecular complexity index is 679. The summed E-state index contributed by atoms with van der Waals surface area (Å²) in [7, 11) is -3.76. The molecule has 9 heteroatoms. The van der Waals surface area contributed by atoms with Gasteiger partial charge in [0.25, 0.3) is 0 Å². The van der Waals surface area contributed by atoms with Crippen LogP contribution in [0, 0.1) is 0 Å². The predicted octanol–water partition coefficient (Wildman–Crippen LogP) is -0.104. The van der Waals surface area contributed by atoms with Crippen molar-refractivity contribution in [2.24, 2.45) is 5.14 Å². The molecular formula is C11H11N3O5S. The van der Waals surface area contributed by atoms with Crippen LogP contribution in [0.25, 0.3) is 0 Å². The lowest BCUT2D eigenvalue weighted by Gasteiger charge is -2.07. The summed E-state index contributed by atoms with van der Waals surface area (Å²) in [6, 6.07) is 4.75. The van der Waals surface area contributed by atoms with Crippen LogP contribution < -0.4 is 15.8 Å². The van der Waals surface area contributed by atoms with Crippen molar-refractivity contribution >= 4 is 27.7 Å². The second kappa shape index (κ2) is 5.31. The Kier molecular flexibility index (Phi) is 3.72. The minimum Gasteiger partial charge on any atom is -0.456 e. The first-order chi connectivity index (χ1) is 9.34. The fraction of sp³-hybridized carbons (Fsp3) is 0.0909. The second-order valence-electron chi connectivity index (χ2n) is 3.93. The number of hydrogen-bond donors (Lipinski definition) is 3. The minimum atomic E-state index is -3.76. The molecule has 2 rings (SSSR count). The molecule has 0 aromatic heterocycles. The van der Waals surface area contributed by atoms with E-state index in [1.165, 1.54) is 30.3 Å². The van der Waals surface area contributed by atoms with E-state index < -0.39 is 22.0 Å². The standard InChI is InChI=1S/C11H11N3O5S/c12-20(17,18)9-3-1-7(2-4-9)13-11(16)14-8-5-10(15)19-6-8/h1-5H,6H2,(H2,12,17,18)(H2,13,14,16). The first kappa shape index (κ1) is 14.0. The molecule has 0 saturated heterocycles. The number of hydrogen-bond acceptors (Lipinski definition) is 5. The van der Waals surface area contributed by atoms with Gasteiger partial charge < -0.3 is 15.4 Å². The number of urea groups is 1. The number of anilines is 1. The SMILES string of the molecule is NS(=O)(=O)c1ccc(NC(=O)NC2=CC(=O)OC2)cc1. The number of ether oxygens (including phenoxy) is 1. The number of rotatable bonds is 3. The quantitative estimate of drug-likeness (QED) is 0.671. The molecule has 1 aromatic rings. The topological polar surface area (TPSA) is 128 Å². The van der Waals surface area contributed by atoms with Crippen LogP contribution in [-0.2, 0) is 19.6 Å². The van der Waals surface area contributed by atoms with Crippen LogP contribution in [0.5, 0.6) is 0 Å². The average Bonchev–Trinajstić information content (AvgIpc) is 2.74. The summed E-state index contributed by atoms with van der Waals surface area (Å²) in [6.45, 7) is 0.0105. The number of benzene rings is 1. The molecule has 1 heterocycles. The lowest BCUT2D eigenvalue weighted by Crippen LogP contribution is -2.28. The molecule has 8 nitrogen and oxygen atoms in total. The fourth-order valence-electron chi connectivity index (χ4n) is 1.48. The molecule has 0 saturated carbocycles. The van der Waals surface area contributed by atoms with Crippen molar-refractivity contribution in [3.63, 3.8) is 0 Å². The number of sulfonamides is 1. The van der Waals surface area contributed by atoms with E-state index in [0.717, 1.165) is 0 Å². The summed E-state index contributed by atoms with van der Waals surface area (Å²) in [6.07, 6.45) is 1.17. The van der Waals surface area contributed by atoms with Crippen molar-refractivity contribution in [2.45, 2.75) is 4.90 Å². The molecule has 0 aliphatic carbocycles. The maximum atomic E-state index is 11.6. The molecular weight excluding hydrogens is 286 g/mol. The highest BCUT2D eigenvalue weighted by atomic mass is 32.2. The third-order valence-corrected chi connectivity index (χ3v) is 3.31. The van der Waals surface area contributed by atoms with Gasteiger partial charge in [-0.15, -0.1) is 0 Å². The largest absolute Gasteiger partial charge is 0.456 e. The number of esters is 1. The van der Waals surface area contributed by atoms with E-state index in [1.54, 1.807) is 0 Å². The van der Waals surface area contributed by atoms with Gasteiger partial charge in [-0.05, 0) is 24.3 Å². The Morgan fingerprint density at radius 1 is 1.20 bits per heavy atom. The highest BCUT2D eigenvalue weighted by Gasteiger charge is 2.15. The van der Waals surface area contributed by atoms with Crippen LogP contribution >= 0.6 is 0 Å². The highest BCUT2D eigenvalue weighted by Crippen LogP contribution is 2.12. The fourth-order valence-corrected chi connectivity index (χ4v) is 2.00. The molecule has 4 N–H and O–H groups in total. The van der Waals surface area contributed by atoms with Gasteiger partial charge in [0.1, 0.15) is 6.61 Å². The lowest BCUT2D eigenvalue weighted by atomic mass is 10.3. The summed E-state index contributed by atoms with van der Waals surface area (Å²) < 4.78 is 26.7. The van der Waals surface area contributed by atoms with Crippen LogP contribution in [0.2, 0.25) is 0 Å². The summed E-state index contributed by atoms with van der Waals surface area (Å²) >= 11 is 0. The number of nitrogens with two attached hydrogens (primary N) is 1. The second-order valence-corrected chi connectivity index (χ2v) is 5.49. The molecule has 0 radical (unpaired) electrons. The molecule has 0 bridgehead atoms. The molecule has 0 unspecified atom stereocenters. The molecule has 0 fully saturated rings. The summed E-state index contributed by atoms with van der Waals surface area (Å²) in [5.74, 6) is -0.516. The van der Waals surface area contributed by atoms with Crippen molar-refractivity contribution in [3.05, 3.63) is 36.0 Å². The first-order valence-corrected chi connectivity index (χ1v) is 6.97. The van der Waals surface area contributed by atoms with Crippen LogP contribution in [0.1, 0.15) is 0 Å². The van der Waals surface area contributed by atoms with E-state index in [-0.39, 0.29) is 11.5 Å². The van der Waals surface area contributed by atoms with E-state index >= 15 is 0 Å². The Hall–Kier alpha value is -2.39. The van der Waals surface area contributed by atoms with E-state index in [0.29, 0.717) is 11.4 Å². The maximum Gasteiger partial charge on any atom is 0.333 e. The maximum absolute atomic E-state index is 11.6. The van der Waals surface area contributed by atoms with Crippen LogP contribution in [0.4, 0.5) is 10.5 Å². The number of nitrogens with one attached hydrogen (secondary N) is 2. The van der Waals surface area contributed by atoms with Crippen LogP contribution in [0.15, 0.2) is 40.9 Å². The van der Waals surface area contributed by atoms with Crippen molar-refractivity contribution in [2.75, 3.05) is 11.9 Å². The van der Waals surface area contributed by atoms with Crippen molar-refractivity contribution in [1.29, 1.82) is 0 Å². The van der Waals surface area contributed by atoms with Gasteiger partial charge in [0.15, 0.2) is 0 Å². The number of primary sulfonamides is 1. The first-order valence-electron chi connectivity index (χ1n) is 5.43. The molecule has 2 amide bonds. The predicted molar refractivity (Wildman–Crippen MR) is 69.0 cm³/mol. The number of carbonyl (C=O) groups excluding carboxylic acids is 2. The van der Waals surface area contributed by atoms with Crippen LogP contribution in [-0.4, -0.2) is 27.0 Å². The Morgan fingerprint density at radius 2 is 1.85 bits per heavy atom. The number of carbonyl (C=O) groups is 2. The van der Waals surface area contributed by atoms with Gasteiger partial charge in [0.2, 0.25) is 10.0 Å². The molecule has 1 aliphatic heterocycles. The third kappa shape index (κ3) is 3.56. The zero-order chi connectivity index (χ0) is 14.8. The monoisotopic (exact) mass is 297 g/mol. The Labute approximate surface area is 114 Å². The van der Waals surface area contributed by atoms with E-state index in [2.05, 4.69) is 15.4 Å². The van der Waals surface area contributed by atoms with Gasteiger partial charge in [0.05, 0.1) is 10.6 Å². The molecule has 0 atom stereocenters. The van der Waals surface area contributed by atoms with Gasteiger partial charge in [-0.2, -0.15) is 0 Å². The van der Waals surface area contributed by atoms with Gasteiger partial charge in [-0.1, -0.05) is 0 Å². The molecule has 1 aromatic carbocycles. The third-order valence-electron chi connectivity index (χ3n) is 2.38. The minimum absolute atomic E-state index is 0.0105. The van der Waals surface area contributed by atoms with Crippen molar-refractivity contribution < 1.29 is 22.7 Å². The zero-order valence-corrected chi connectivity index (χ0v) is 10.9. The van der Waals surface area contributed by atoms with Crippen molar-refractivity contribution in [1.82, 2.24) is 5.32 Å². The van der Waals surface area contributed by atoms with Gasteiger partial charge in [-0.3, -0.25) is 0 Å². The van der Waals surface area contributed by atoms with E-state index in [1.807, 2.05) is 0 Å². The lowest BCUT2D eigenvalue weighted by molar-refractivity contribution is -0.134. The summed E-state index contributed by atoms with van der Waals surface area (Å²) in [5.41, 5.74) is 0.717. The Balaban J connectivity index is 1.98. The highest BCUT2D eigenvalue weighted by molar-refractivity contribution is 7.89. The number of amides is 2. The average molecular weight is 297 g/mol. The molecule has 20 heavy (non-hydrogen) atoms. The van der Waals surface area contributed by atoms with E-state index in [9.17, 15) is 18.0 Å². The molecule has 1 aliphatic rings. The zero-order valence-electron chi connectivity index (χ0n) is 10.1. The van der Waals surface area contributed by atoms with Gasteiger partial charge >= 0.3 is 12.0 Å². The number of cyclic esters (lactones) is 1. The Morgan fingerprint density at radius 3 is 2.35 bits per heavy atom. The molecule has 0 spiro atoms. The normalized spacial score (nSPS) is 14.4. The van der Waals surface area contributed by atoms with Crippen LogP contribution in [0.3, 0.4) is 0 Å². The van der Waals surface area contributed by atoms with Gasteiger partial charge in [-0.25, -0.2) is 23.1 Å². The van der Waals surface area contributed by atoms with E-state index in [4.69, 9.17) is 5.14 Å².